The standard InChI is InChI=1S/C12H15FN2O5S/c1-3-20-6-4-5-14-21(18,19)10-7-9(2)12(13)11(8-10)15(16)17/h3,7-8,14H,1,4-6H2,2H3. The maximum atomic E-state index is 13.5. The zero-order valence-corrected chi connectivity index (χ0v) is 12.2. The predicted molar refractivity (Wildman–Crippen MR) is 73.7 cm³/mol. The molecule has 0 aliphatic heterocycles. The van der Waals surface area contributed by atoms with Crippen molar-refractivity contribution in [3.8, 4) is 0 Å². The van der Waals surface area contributed by atoms with Crippen molar-refractivity contribution in [2.45, 2.75) is 18.2 Å². The van der Waals surface area contributed by atoms with Gasteiger partial charge in [0.25, 0.3) is 0 Å². The Hall–Kier alpha value is -2.00. The number of sulfonamides is 1. The molecule has 1 rings (SSSR count). The zero-order chi connectivity index (χ0) is 16.0. The molecule has 0 saturated heterocycles. The highest BCUT2D eigenvalue weighted by Gasteiger charge is 2.23. The van der Waals surface area contributed by atoms with Gasteiger partial charge in [0.05, 0.1) is 22.7 Å². The third-order valence-corrected chi connectivity index (χ3v) is 4.01. The molecule has 0 saturated carbocycles. The lowest BCUT2D eigenvalue weighted by atomic mass is 10.2. The van der Waals surface area contributed by atoms with Gasteiger partial charge < -0.3 is 4.74 Å². The minimum atomic E-state index is -3.95. The molecule has 1 N–H and O–H groups in total. The largest absolute Gasteiger partial charge is 0.502 e. The average molecular weight is 318 g/mol. The lowest BCUT2D eigenvalue weighted by Gasteiger charge is -2.08. The molecule has 0 heterocycles. The van der Waals surface area contributed by atoms with Crippen molar-refractivity contribution < 1.29 is 22.5 Å². The molecule has 0 aliphatic rings. The topological polar surface area (TPSA) is 98.5 Å². The molecule has 7 nitrogen and oxygen atoms in total. The second kappa shape index (κ2) is 7.14. The number of aryl methyl sites for hydroxylation is 1. The van der Waals surface area contributed by atoms with Crippen LogP contribution in [0.4, 0.5) is 10.1 Å². The third kappa shape index (κ3) is 4.50. The fraction of sp³-hybridized carbons (Fsp3) is 0.333. The molecule has 1 aromatic carbocycles. The van der Waals surface area contributed by atoms with Crippen LogP contribution in [0.2, 0.25) is 0 Å². The Morgan fingerprint density at radius 3 is 2.76 bits per heavy atom. The summed E-state index contributed by atoms with van der Waals surface area (Å²) in [5.41, 5.74) is -0.982. The molecule has 0 unspecified atom stereocenters. The molecule has 0 radical (unpaired) electrons. The third-order valence-electron chi connectivity index (χ3n) is 2.56. The van der Waals surface area contributed by atoms with Crippen molar-refractivity contribution in [3.05, 3.63) is 46.5 Å². The first-order chi connectivity index (χ1) is 9.79. The van der Waals surface area contributed by atoms with E-state index in [2.05, 4.69) is 11.3 Å². The van der Waals surface area contributed by atoms with Crippen molar-refractivity contribution in [1.82, 2.24) is 4.72 Å². The van der Waals surface area contributed by atoms with Crippen LogP contribution in [0, 0.1) is 22.9 Å². The van der Waals surface area contributed by atoms with Gasteiger partial charge in [0.2, 0.25) is 15.8 Å². The molecule has 0 aromatic heterocycles. The molecule has 21 heavy (non-hydrogen) atoms. The first kappa shape index (κ1) is 17.1. The molecule has 0 atom stereocenters. The van der Waals surface area contributed by atoms with Gasteiger partial charge in [-0.3, -0.25) is 10.1 Å². The Morgan fingerprint density at radius 2 is 2.19 bits per heavy atom. The molecule has 1 aromatic rings. The Labute approximate surface area is 121 Å². The lowest BCUT2D eigenvalue weighted by Crippen LogP contribution is -2.25. The quantitative estimate of drug-likeness (QED) is 0.341. The zero-order valence-electron chi connectivity index (χ0n) is 11.3. The van der Waals surface area contributed by atoms with E-state index in [1.165, 1.54) is 13.2 Å². The van der Waals surface area contributed by atoms with Gasteiger partial charge in [-0.15, -0.1) is 0 Å². The number of rotatable bonds is 8. The number of benzene rings is 1. The summed E-state index contributed by atoms with van der Waals surface area (Å²) in [5, 5.41) is 10.7. The first-order valence-electron chi connectivity index (χ1n) is 5.96. The van der Waals surface area contributed by atoms with E-state index >= 15 is 0 Å². The van der Waals surface area contributed by atoms with Crippen molar-refractivity contribution >= 4 is 15.7 Å². The molecule has 116 valence electrons. The molecule has 9 heteroatoms. The van der Waals surface area contributed by atoms with Crippen LogP contribution in [0.5, 0.6) is 0 Å². The van der Waals surface area contributed by atoms with Gasteiger partial charge >= 0.3 is 5.69 Å². The molecule has 0 aliphatic carbocycles. The Bertz CT molecular complexity index is 645. The molecule has 0 spiro atoms. The van der Waals surface area contributed by atoms with E-state index < -0.39 is 26.5 Å². The number of hydrogen-bond acceptors (Lipinski definition) is 5. The van der Waals surface area contributed by atoms with Crippen LogP contribution in [-0.4, -0.2) is 26.5 Å². The first-order valence-corrected chi connectivity index (χ1v) is 7.44. The molecule has 0 amide bonds. The second-order valence-electron chi connectivity index (χ2n) is 4.12. The summed E-state index contributed by atoms with van der Waals surface area (Å²) in [5.74, 6) is -1.04. The highest BCUT2D eigenvalue weighted by Crippen LogP contribution is 2.24. The van der Waals surface area contributed by atoms with E-state index in [0.29, 0.717) is 12.5 Å². The van der Waals surface area contributed by atoms with Crippen molar-refractivity contribution in [1.29, 1.82) is 0 Å². The molecule has 0 bridgehead atoms. The number of nitrogens with zero attached hydrogens (tertiary/aromatic N) is 1. The number of nitrogens with one attached hydrogen (secondary N) is 1. The van der Waals surface area contributed by atoms with Gasteiger partial charge in [-0.05, 0) is 25.0 Å². The monoisotopic (exact) mass is 318 g/mol. The summed E-state index contributed by atoms with van der Waals surface area (Å²) >= 11 is 0. The van der Waals surface area contributed by atoms with Crippen LogP contribution in [0.25, 0.3) is 0 Å². The van der Waals surface area contributed by atoms with E-state index in [9.17, 15) is 22.9 Å². The summed E-state index contributed by atoms with van der Waals surface area (Å²) < 4.78 is 44.6. The highest BCUT2D eigenvalue weighted by molar-refractivity contribution is 7.89. The molecular formula is C12H15FN2O5S. The van der Waals surface area contributed by atoms with Crippen LogP contribution in [-0.2, 0) is 14.8 Å². The summed E-state index contributed by atoms with van der Waals surface area (Å²) in [6, 6.07) is 1.75. The molecular weight excluding hydrogens is 303 g/mol. The maximum Gasteiger partial charge on any atom is 0.306 e. The SMILES string of the molecule is C=COCCCNS(=O)(=O)c1cc(C)c(F)c([N+](=O)[O-])c1. The van der Waals surface area contributed by atoms with Gasteiger partial charge in [0.1, 0.15) is 0 Å². The number of nitro groups is 1. The lowest BCUT2D eigenvalue weighted by molar-refractivity contribution is -0.387. The smallest absolute Gasteiger partial charge is 0.306 e. The summed E-state index contributed by atoms with van der Waals surface area (Å²) in [4.78, 5) is 9.40. The predicted octanol–water partition coefficient (Wildman–Crippen LogP) is 1.87. The van der Waals surface area contributed by atoms with E-state index in [1.54, 1.807) is 0 Å². The summed E-state index contributed by atoms with van der Waals surface area (Å²) in [6.45, 7) is 4.97. The highest BCUT2D eigenvalue weighted by atomic mass is 32.2. The molecule has 0 fully saturated rings. The average Bonchev–Trinajstić information content (AvgIpc) is 2.40. The fourth-order valence-electron chi connectivity index (χ4n) is 1.54. The van der Waals surface area contributed by atoms with Gasteiger partial charge in [0.15, 0.2) is 0 Å². The minimum Gasteiger partial charge on any atom is -0.502 e. The van der Waals surface area contributed by atoms with Crippen LogP contribution in [0.15, 0.2) is 29.9 Å². The van der Waals surface area contributed by atoms with E-state index in [0.717, 1.165) is 6.07 Å². The number of nitro benzene ring substituents is 1. The number of hydrogen-bond donors (Lipinski definition) is 1. The van der Waals surface area contributed by atoms with E-state index in [1.807, 2.05) is 0 Å². The number of ether oxygens (including phenoxy) is 1. The van der Waals surface area contributed by atoms with Crippen molar-refractivity contribution in [2.75, 3.05) is 13.2 Å². The van der Waals surface area contributed by atoms with E-state index in [-0.39, 0.29) is 23.6 Å². The summed E-state index contributed by atoms with van der Waals surface area (Å²) in [7, 11) is -3.95. The van der Waals surface area contributed by atoms with Gasteiger partial charge in [-0.25, -0.2) is 13.1 Å². The van der Waals surface area contributed by atoms with Crippen LogP contribution < -0.4 is 4.72 Å². The van der Waals surface area contributed by atoms with Crippen LogP contribution in [0.1, 0.15) is 12.0 Å². The summed E-state index contributed by atoms with van der Waals surface area (Å²) in [6.07, 6.45) is 1.63. The second-order valence-corrected chi connectivity index (χ2v) is 5.89. The fourth-order valence-corrected chi connectivity index (χ4v) is 2.71. The normalized spacial score (nSPS) is 11.1. The van der Waals surface area contributed by atoms with Crippen molar-refractivity contribution in [3.63, 3.8) is 0 Å². The van der Waals surface area contributed by atoms with Gasteiger partial charge in [-0.2, -0.15) is 4.39 Å². The Morgan fingerprint density at radius 1 is 1.52 bits per heavy atom. The van der Waals surface area contributed by atoms with Gasteiger partial charge in [-0.1, -0.05) is 6.58 Å². The maximum absolute atomic E-state index is 13.5. The minimum absolute atomic E-state index is 0.0837. The Kier molecular flexibility index (Phi) is 5.79. The van der Waals surface area contributed by atoms with E-state index in [4.69, 9.17) is 4.74 Å². The number of halogens is 1. The van der Waals surface area contributed by atoms with Gasteiger partial charge in [0, 0.05) is 12.6 Å². The Balaban J connectivity index is 2.93. The van der Waals surface area contributed by atoms with Crippen LogP contribution >= 0.6 is 0 Å². The van der Waals surface area contributed by atoms with Crippen LogP contribution in [0.3, 0.4) is 0 Å². The van der Waals surface area contributed by atoms with Crippen molar-refractivity contribution in [2.24, 2.45) is 0 Å².